The van der Waals surface area contributed by atoms with Crippen molar-refractivity contribution in [2.45, 2.75) is 6.92 Å². The molecule has 0 saturated carbocycles. The zero-order chi connectivity index (χ0) is 13.9. The summed E-state index contributed by atoms with van der Waals surface area (Å²) < 4.78 is 10.3. The summed E-state index contributed by atoms with van der Waals surface area (Å²) in [5.74, 6) is 0.181. The molecule has 8 heteroatoms. The van der Waals surface area contributed by atoms with Gasteiger partial charge in [0.25, 0.3) is 0 Å². The van der Waals surface area contributed by atoms with Gasteiger partial charge >= 0.3 is 0 Å². The Morgan fingerprint density at radius 1 is 1.14 bits per heavy atom. The number of piperazine rings is 1. The summed E-state index contributed by atoms with van der Waals surface area (Å²) in [7, 11) is 1.66. The molecule has 0 spiro atoms. The highest BCUT2D eigenvalue weighted by Gasteiger charge is 2.20. The van der Waals surface area contributed by atoms with E-state index in [0.29, 0.717) is 13.2 Å². The number of methoxy groups -OCH3 is 1. The molecule has 6 nitrogen and oxygen atoms in total. The molecule has 0 unspecified atom stereocenters. The lowest BCUT2D eigenvalue weighted by Crippen LogP contribution is -2.51. The molecule has 1 N–H and O–H groups in total. The van der Waals surface area contributed by atoms with Gasteiger partial charge in [-0.15, -0.1) is 24.8 Å². The van der Waals surface area contributed by atoms with Crippen molar-refractivity contribution in [2.75, 3.05) is 72.7 Å². The van der Waals surface area contributed by atoms with Gasteiger partial charge in [0.1, 0.15) is 0 Å². The van der Waals surface area contributed by atoms with E-state index in [1.807, 2.05) is 11.8 Å². The number of nitrogens with zero attached hydrogens (tertiary/aromatic N) is 2. The van der Waals surface area contributed by atoms with Gasteiger partial charge in [0, 0.05) is 53.0 Å². The number of hydrogen-bond donors (Lipinski definition) is 1. The second-order valence-corrected chi connectivity index (χ2v) is 4.59. The third kappa shape index (κ3) is 10.3. The first kappa shape index (κ1) is 23.2. The van der Waals surface area contributed by atoms with E-state index < -0.39 is 0 Å². The third-order valence-electron chi connectivity index (χ3n) is 3.24. The van der Waals surface area contributed by atoms with Gasteiger partial charge < -0.3 is 19.7 Å². The van der Waals surface area contributed by atoms with Crippen molar-refractivity contribution in [2.24, 2.45) is 0 Å². The van der Waals surface area contributed by atoms with E-state index in [-0.39, 0.29) is 30.7 Å². The van der Waals surface area contributed by atoms with Crippen LogP contribution in [-0.4, -0.2) is 88.5 Å². The molecule has 1 fully saturated rings. The Balaban J connectivity index is 0. The molecule has 1 rings (SSSR count). The number of rotatable bonds is 9. The molecular weight excluding hydrogens is 317 g/mol. The number of halogens is 2. The van der Waals surface area contributed by atoms with Crippen LogP contribution >= 0.6 is 24.8 Å². The Labute approximate surface area is 140 Å². The van der Waals surface area contributed by atoms with Crippen molar-refractivity contribution in [1.82, 2.24) is 15.1 Å². The van der Waals surface area contributed by atoms with Crippen LogP contribution in [-0.2, 0) is 14.3 Å². The smallest absolute Gasteiger partial charge is 0.236 e. The lowest BCUT2D eigenvalue weighted by Gasteiger charge is -2.34. The van der Waals surface area contributed by atoms with Crippen molar-refractivity contribution in [3.05, 3.63) is 0 Å². The minimum atomic E-state index is 0. The standard InChI is InChI=1S/C13H27N3O3.2ClH/c1-3-19-11-9-15-5-7-16(8-6-15)13(17)12-14-4-10-18-2;;/h14H,3-12H2,1-2H3;2*1H. The first-order valence-electron chi connectivity index (χ1n) is 7.05. The Morgan fingerprint density at radius 2 is 1.81 bits per heavy atom. The van der Waals surface area contributed by atoms with Crippen molar-refractivity contribution in [3.8, 4) is 0 Å². The molecule has 21 heavy (non-hydrogen) atoms. The zero-order valence-corrected chi connectivity index (χ0v) is 14.6. The fraction of sp³-hybridized carbons (Fsp3) is 0.923. The quantitative estimate of drug-likeness (QED) is 0.607. The normalized spacial score (nSPS) is 15.2. The van der Waals surface area contributed by atoms with Gasteiger partial charge in [-0.2, -0.15) is 0 Å². The molecular formula is C13H29Cl2N3O3. The summed E-state index contributed by atoms with van der Waals surface area (Å²) in [5.41, 5.74) is 0. The summed E-state index contributed by atoms with van der Waals surface area (Å²) >= 11 is 0. The average Bonchev–Trinajstić information content (AvgIpc) is 2.44. The average molecular weight is 346 g/mol. The maximum Gasteiger partial charge on any atom is 0.236 e. The second kappa shape index (κ2) is 14.8. The van der Waals surface area contributed by atoms with Gasteiger partial charge in [-0.25, -0.2) is 0 Å². The van der Waals surface area contributed by atoms with Crippen LogP contribution in [0.5, 0.6) is 0 Å². The zero-order valence-electron chi connectivity index (χ0n) is 13.0. The molecule has 1 aliphatic heterocycles. The molecule has 0 aromatic rings. The van der Waals surface area contributed by atoms with E-state index in [1.165, 1.54) is 0 Å². The predicted octanol–water partition coefficient (Wildman–Crippen LogP) is 0.247. The summed E-state index contributed by atoms with van der Waals surface area (Å²) in [6.45, 7) is 9.79. The molecule has 1 saturated heterocycles. The first-order chi connectivity index (χ1) is 9.27. The van der Waals surface area contributed by atoms with Crippen LogP contribution in [0.2, 0.25) is 0 Å². The summed E-state index contributed by atoms with van der Waals surface area (Å²) in [6, 6.07) is 0. The van der Waals surface area contributed by atoms with Gasteiger partial charge in [0.2, 0.25) is 5.91 Å². The van der Waals surface area contributed by atoms with Crippen LogP contribution in [0.25, 0.3) is 0 Å². The number of nitrogens with one attached hydrogen (secondary N) is 1. The van der Waals surface area contributed by atoms with Crippen LogP contribution in [0.4, 0.5) is 0 Å². The number of ether oxygens (including phenoxy) is 2. The lowest BCUT2D eigenvalue weighted by molar-refractivity contribution is -0.132. The molecule has 0 aliphatic carbocycles. The molecule has 1 aliphatic rings. The van der Waals surface area contributed by atoms with Crippen LogP contribution in [0.1, 0.15) is 6.92 Å². The Hall–Kier alpha value is -0.110. The van der Waals surface area contributed by atoms with Crippen LogP contribution < -0.4 is 5.32 Å². The molecule has 128 valence electrons. The highest BCUT2D eigenvalue weighted by atomic mass is 35.5. The maximum absolute atomic E-state index is 11.9. The van der Waals surface area contributed by atoms with Crippen LogP contribution in [0.15, 0.2) is 0 Å². The number of hydrogen-bond acceptors (Lipinski definition) is 5. The molecule has 1 heterocycles. The van der Waals surface area contributed by atoms with Gasteiger partial charge in [0.15, 0.2) is 0 Å². The predicted molar refractivity (Wildman–Crippen MR) is 88.8 cm³/mol. The monoisotopic (exact) mass is 345 g/mol. The molecule has 1 amide bonds. The number of carbonyl (C=O) groups is 1. The Morgan fingerprint density at radius 3 is 2.38 bits per heavy atom. The lowest BCUT2D eigenvalue weighted by atomic mass is 10.3. The minimum Gasteiger partial charge on any atom is -0.383 e. The SMILES string of the molecule is CCOCCN1CCN(C(=O)CNCCOC)CC1.Cl.Cl. The van der Waals surface area contributed by atoms with E-state index in [1.54, 1.807) is 7.11 Å². The largest absolute Gasteiger partial charge is 0.383 e. The third-order valence-corrected chi connectivity index (χ3v) is 3.24. The Bertz CT molecular complexity index is 253. The van der Waals surface area contributed by atoms with E-state index in [4.69, 9.17) is 9.47 Å². The van der Waals surface area contributed by atoms with Crippen molar-refractivity contribution in [3.63, 3.8) is 0 Å². The topological polar surface area (TPSA) is 54.0 Å². The Kier molecular flexibility index (Phi) is 16.3. The summed E-state index contributed by atoms with van der Waals surface area (Å²) in [6.07, 6.45) is 0. The van der Waals surface area contributed by atoms with E-state index in [2.05, 4.69) is 10.2 Å². The highest BCUT2D eigenvalue weighted by molar-refractivity contribution is 5.85. The molecule has 0 atom stereocenters. The second-order valence-electron chi connectivity index (χ2n) is 4.59. The van der Waals surface area contributed by atoms with Crippen molar-refractivity contribution >= 4 is 30.7 Å². The fourth-order valence-corrected chi connectivity index (χ4v) is 2.04. The molecule has 0 aromatic heterocycles. The fourth-order valence-electron chi connectivity index (χ4n) is 2.04. The molecule has 0 aromatic carbocycles. The molecule has 0 radical (unpaired) electrons. The summed E-state index contributed by atoms with van der Waals surface area (Å²) in [5, 5.41) is 3.09. The van der Waals surface area contributed by atoms with Gasteiger partial charge in [-0.05, 0) is 6.92 Å². The van der Waals surface area contributed by atoms with Crippen LogP contribution in [0.3, 0.4) is 0 Å². The van der Waals surface area contributed by atoms with Gasteiger partial charge in [-0.1, -0.05) is 0 Å². The van der Waals surface area contributed by atoms with E-state index >= 15 is 0 Å². The van der Waals surface area contributed by atoms with Gasteiger partial charge in [0.05, 0.1) is 19.8 Å². The highest BCUT2D eigenvalue weighted by Crippen LogP contribution is 2.01. The maximum atomic E-state index is 11.9. The van der Waals surface area contributed by atoms with Crippen LogP contribution in [0, 0.1) is 0 Å². The number of carbonyl (C=O) groups excluding carboxylic acids is 1. The number of amides is 1. The van der Waals surface area contributed by atoms with Crippen molar-refractivity contribution in [1.29, 1.82) is 0 Å². The summed E-state index contributed by atoms with van der Waals surface area (Å²) in [4.78, 5) is 16.2. The first-order valence-corrected chi connectivity index (χ1v) is 7.05. The van der Waals surface area contributed by atoms with E-state index in [9.17, 15) is 4.79 Å². The van der Waals surface area contributed by atoms with E-state index in [0.717, 1.165) is 52.5 Å². The minimum absolute atomic E-state index is 0. The van der Waals surface area contributed by atoms with Crippen molar-refractivity contribution < 1.29 is 14.3 Å². The van der Waals surface area contributed by atoms with Gasteiger partial charge in [-0.3, -0.25) is 9.69 Å². The molecule has 0 bridgehead atoms.